The van der Waals surface area contributed by atoms with Crippen LogP contribution in [0.15, 0.2) is 0 Å². The Hall–Kier alpha value is -0.170. The quantitative estimate of drug-likeness (QED) is 0.785. The number of nitrogens with two attached hydrogens (primary N) is 1. The van der Waals surface area contributed by atoms with Gasteiger partial charge in [0.15, 0.2) is 0 Å². The molecular weight excluding hydrogens is 252 g/mol. The number of rotatable bonds is 3. The summed E-state index contributed by atoms with van der Waals surface area (Å²) in [6, 6.07) is 0.731. The Morgan fingerprint density at radius 2 is 1.94 bits per heavy atom. The smallest absolute Gasteiger partial charge is 0.150 e. The van der Waals surface area contributed by atoms with Gasteiger partial charge in [0, 0.05) is 32.3 Å². The minimum absolute atomic E-state index is 0.308. The average Bonchev–Trinajstić information content (AvgIpc) is 2.38. The van der Waals surface area contributed by atoms with Gasteiger partial charge >= 0.3 is 0 Å². The fourth-order valence-corrected chi connectivity index (χ4v) is 4.63. The predicted molar refractivity (Wildman–Crippen MR) is 71.3 cm³/mol. The third-order valence-corrected chi connectivity index (χ3v) is 6.03. The summed E-state index contributed by atoms with van der Waals surface area (Å²) in [7, 11) is -1.03. The molecule has 18 heavy (non-hydrogen) atoms. The van der Waals surface area contributed by atoms with E-state index in [1.165, 1.54) is 0 Å². The van der Waals surface area contributed by atoms with Crippen molar-refractivity contribution >= 4 is 9.84 Å². The van der Waals surface area contributed by atoms with Crippen molar-refractivity contribution in [3.05, 3.63) is 0 Å². The van der Waals surface area contributed by atoms with Crippen LogP contribution in [-0.2, 0) is 14.6 Å². The first-order valence-electron chi connectivity index (χ1n) is 6.74. The Morgan fingerprint density at radius 3 is 2.50 bits per heavy atom. The van der Waals surface area contributed by atoms with Crippen LogP contribution >= 0.6 is 0 Å². The zero-order valence-corrected chi connectivity index (χ0v) is 11.9. The van der Waals surface area contributed by atoms with E-state index in [2.05, 4.69) is 4.90 Å². The number of nitrogens with zero attached hydrogens (tertiary/aromatic N) is 1. The normalized spacial score (nSPS) is 34.6. The molecule has 0 amide bonds. The Balaban J connectivity index is 1.96. The highest BCUT2D eigenvalue weighted by atomic mass is 32.2. The third kappa shape index (κ3) is 3.23. The van der Waals surface area contributed by atoms with E-state index in [1.54, 1.807) is 7.11 Å². The molecule has 2 rings (SSSR count). The molecule has 0 aliphatic carbocycles. The highest BCUT2D eigenvalue weighted by Gasteiger charge is 2.35. The lowest BCUT2D eigenvalue weighted by Gasteiger charge is -2.44. The molecule has 106 valence electrons. The molecule has 2 N–H and O–H groups in total. The van der Waals surface area contributed by atoms with Crippen LogP contribution in [0.25, 0.3) is 0 Å². The van der Waals surface area contributed by atoms with Gasteiger partial charge in [-0.25, -0.2) is 8.42 Å². The zero-order chi connectivity index (χ0) is 13.2. The van der Waals surface area contributed by atoms with Gasteiger partial charge in [-0.1, -0.05) is 0 Å². The average molecular weight is 276 g/mol. The first-order valence-corrected chi connectivity index (χ1v) is 8.57. The standard InChI is InChI=1S/C12H24N2O3S/c1-17-12-2-5-14(11(8-12)9-13)10-3-6-18(15,16)7-4-10/h10-12H,2-9,13H2,1H3. The van der Waals surface area contributed by atoms with Crippen molar-refractivity contribution in [3.63, 3.8) is 0 Å². The molecule has 0 aromatic heterocycles. The minimum Gasteiger partial charge on any atom is -0.381 e. The molecule has 5 nitrogen and oxygen atoms in total. The summed E-state index contributed by atoms with van der Waals surface area (Å²) < 4.78 is 28.3. The van der Waals surface area contributed by atoms with Crippen molar-refractivity contribution < 1.29 is 13.2 Å². The summed E-state index contributed by atoms with van der Waals surface area (Å²) in [6.07, 6.45) is 3.82. The molecule has 2 heterocycles. The maximum atomic E-state index is 11.5. The number of ether oxygens (including phenoxy) is 1. The molecule has 2 aliphatic heterocycles. The molecule has 0 aromatic carbocycles. The van der Waals surface area contributed by atoms with Gasteiger partial charge < -0.3 is 10.5 Å². The largest absolute Gasteiger partial charge is 0.381 e. The van der Waals surface area contributed by atoms with Crippen LogP contribution in [0.2, 0.25) is 0 Å². The first-order chi connectivity index (χ1) is 8.55. The molecule has 2 aliphatic rings. The second-order valence-corrected chi connectivity index (χ2v) is 7.70. The number of piperidine rings is 1. The van der Waals surface area contributed by atoms with Gasteiger partial charge in [-0.15, -0.1) is 0 Å². The molecule has 0 bridgehead atoms. The third-order valence-electron chi connectivity index (χ3n) is 4.31. The molecular formula is C12H24N2O3S. The Morgan fingerprint density at radius 1 is 1.28 bits per heavy atom. The lowest BCUT2D eigenvalue weighted by Crippen LogP contribution is -2.54. The molecule has 0 saturated carbocycles. The topological polar surface area (TPSA) is 72.6 Å². The molecule has 2 unspecified atom stereocenters. The number of methoxy groups -OCH3 is 1. The number of likely N-dealkylation sites (tertiary alicyclic amines) is 1. The Kier molecular flexibility index (Phi) is 4.64. The summed E-state index contributed by atoms with van der Waals surface area (Å²) in [5, 5.41) is 0. The second-order valence-electron chi connectivity index (χ2n) is 5.39. The summed E-state index contributed by atoms with van der Waals surface area (Å²) >= 11 is 0. The van der Waals surface area contributed by atoms with Crippen molar-refractivity contribution in [2.24, 2.45) is 5.73 Å². The van der Waals surface area contributed by atoms with E-state index in [9.17, 15) is 8.42 Å². The second kappa shape index (κ2) is 5.86. The van der Waals surface area contributed by atoms with Gasteiger partial charge in [0.25, 0.3) is 0 Å². The summed E-state index contributed by atoms with van der Waals surface area (Å²) in [6.45, 7) is 1.61. The highest BCUT2D eigenvalue weighted by molar-refractivity contribution is 7.91. The first kappa shape index (κ1) is 14.2. The van der Waals surface area contributed by atoms with E-state index in [0.717, 1.165) is 32.2 Å². The van der Waals surface area contributed by atoms with Gasteiger partial charge in [0.1, 0.15) is 9.84 Å². The van der Waals surface area contributed by atoms with Gasteiger partial charge in [-0.2, -0.15) is 0 Å². The number of hydrogen-bond acceptors (Lipinski definition) is 5. The number of sulfone groups is 1. The van der Waals surface area contributed by atoms with Gasteiger partial charge in [0.2, 0.25) is 0 Å². The fourth-order valence-electron chi connectivity index (χ4n) is 3.17. The fraction of sp³-hybridized carbons (Fsp3) is 1.00. The molecule has 2 atom stereocenters. The predicted octanol–water partition coefficient (Wildman–Crippen LogP) is 0.00170. The molecule has 0 radical (unpaired) electrons. The van der Waals surface area contributed by atoms with Crippen LogP contribution in [-0.4, -0.2) is 63.2 Å². The Labute approximate surface area is 110 Å². The lowest BCUT2D eigenvalue weighted by molar-refractivity contribution is -0.00590. The molecule has 0 aromatic rings. The highest BCUT2D eigenvalue weighted by Crippen LogP contribution is 2.26. The van der Waals surface area contributed by atoms with Crippen molar-refractivity contribution in [2.45, 2.75) is 43.9 Å². The van der Waals surface area contributed by atoms with Gasteiger partial charge in [-0.05, 0) is 25.7 Å². The van der Waals surface area contributed by atoms with Crippen molar-refractivity contribution in [3.8, 4) is 0 Å². The van der Waals surface area contributed by atoms with E-state index in [-0.39, 0.29) is 0 Å². The van der Waals surface area contributed by atoms with Crippen LogP contribution in [0.1, 0.15) is 25.7 Å². The molecule has 2 fully saturated rings. The van der Waals surface area contributed by atoms with Crippen molar-refractivity contribution in [1.29, 1.82) is 0 Å². The van der Waals surface area contributed by atoms with Crippen LogP contribution in [0.4, 0.5) is 0 Å². The summed E-state index contributed by atoms with van der Waals surface area (Å²) in [5.74, 6) is 0.665. The van der Waals surface area contributed by atoms with Crippen molar-refractivity contribution in [2.75, 3.05) is 31.7 Å². The van der Waals surface area contributed by atoms with E-state index in [4.69, 9.17) is 10.5 Å². The monoisotopic (exact) mass is 276 g/mol. The number of hydrogen-bond donors (Lipinski definition) is 1. The lowest BCUT2D eigenvalue weighted by atomic mass is 9.95. The van der Waals surface area contributed by atoms with Crippen LogP contribution in [0.5, 0.6) is 0 Å². The molecule has 2 saturated heterocycles. The van der Waals surface area contributed by atoms with E-state index >= 15 is 0 Å². The SMILES string of the molecule is COC1CCN(C2CCS(=O)(=O)CC2)C(CN)C1. The summed E-state index contributed by atoms with van der Waals surface area (Å²) in [5.41, 5.74) is 5.86. The van der Waals surface area contributed by atoms with E-state index in [0.29, 0.717) is 36.2 Å². The minimum atomic E-state index is -2.78. The zero-order valence-electron chi connectivity index (χ0n) is 11.0. The summed E-state index contributed by atoms with van der Waals surface area (Å²) in [4.78, 5) is 2.42. The van der Waals surface area contributed by atoms with Crippen LogP contribution in [0.3, 0.4) is 0 Å². The Bertz CT molecular complexity index is 358. The van der Waals surface area contributed by atoms with Crippen LogP contribution in [0, 0.1) is 0 Å². The van der Waals surface area contributed by atoms with Crippen molar-refractivity contribution in [1.82, 2.24) is 4.90 Å². The van der Waals surface area contributed by atoms with E-state index in [1.807, 2.05) is 0 Å². The maximum absolute atomic E-state index is 11.5. The molecule has 0 spiro atoms. The van der Waals surface area contributed by atoms with Crippen LogP contribution < -0.4 is 5.73 Å². The molecule has 6 heteroatoms. The van der Waals surface area contributed by atoms with Gasteiger partial charge in [-0.3, -0.25) is 4.90 Å². The van der Waals surface area contributed by atoms with Gasteiger partial charge in [0.05, 0.1) is 17.6 Å². The maximum Gasteiger partial charge on any atom is 0.150 e. The van der Waals surface area contributed by atoms with E-state index < -0.39 is 9.84 Å².